The van der Waals surface area contributed by atoms with Crippen LogP contribution in [0, 0.1) is 0 Å². The fraction of sp³-hybridized carbons (Fsp3) is 0.400. The summed E-state index contributed by atoms with van der Waals surface area (Å²) >= 11 is 0. The van der Waals surface area contributed by atoms with Gasteiger partial charge in [0.2, 0.25) is 0 Å². The molecule has 1 aromatic rings. The van der Waals surface area contributed by atoms with Crippen LogP contribution < -0.4 is 9.05 Å². The van der Waals surface area contributed by atoms with Crippen molar-refractivity contribution in [3.05, 3.63) is 24.3 Å². The second kappa shape index (κ2) is 4.85. The topological polar surface area (TPSA) is 58.9 Å². The predicted molar refractivity (Wildman–Crippen MR) is 72.5 cm³/mol. The Morgan fingerprint density at radius 3 is 1.56 bits per heavy atom. The van der Waals surface area contributed by atoms with Crippen molar-refractivity contribution in [1.82, 2.24) is 0 Å². The van der Waals surface area contributed by atoms with E-state index in [4.69, 9.17) is 9.05 Å². The van der Waals surface area contributed by atoms with Crippen molar-refractivity contribution >= 4 is 15.4 Å². The van der Waals surface area contributed by atoms with Gasteiger partial charge in [-0.1, -0.05) is 0 Å². The van der Waals surface area contributed by atoms with E-state index in [2.05, 4.69) is 0 Å². The molecule has 1 rings (SSSR count). The SMILES string of the molecule is C[PH](C)(O)Oc1cccc(O[PH](C)(C)O)c1. The van der Waals surface area contributed by atoms with Gasteiger partial charge in [0.15, 0.2) is 0 Å². The third-order valence-corrected chi connectivity index (χ3v) is 3.01. The molecule has 2 N–H and O–H groups in total. The van der Waals surface area contributed by atoms with Crippen LogP contribution in [0.25, 0.3) is 0 Å². The monoisotopic (exact) mass is 266 g/mol. The van der Waals surface area contributed by atoms with Gasteiger partial charge in [-0.3, -0.25) is 0 Å². The third-order valence-electron chi connectivity index (χ3n) is 1.54. The number of hydrogen-bond acceptors (Lipinski definition) is 4. The molecule has 0 radical (unpaired) electrons. The predicted octanol–water partition coefficient (Wildman–Crippen LogP) is 2.11. The van der Waals surface area contributed by atoms with E-state index in [9.17, 15) is 9.79 Å². The van der Waals surface area contributed by atoms with Crippen LogP contribution in [0.1, 0.15) is 0 Å². The van der Waals surface area contributed by atoms with E-state index in [0.29, 0.717) is 11.5 Å². The molecule has 0 saturated heterocycles. The molecule has 6 heteroatoms. The second-order valence-corrected chi connectivity index (χ2v) is 10.8. The summed E-state index contributed by atoms with van der Waals surface area (Å²) in [7, 11) is -5.17. The molecule has 0 unspecified atom stereocenters. The fourth-order valence-corrected chi connectivity index (χ4v) is 2.59. The molecular formula is C10H20O4P2. The van der Waals surface area contributed by atoms with E-state index < -0.39 is 15.4 Å². The molecule has 0 aliphatic rings. The number of benzene rings is 1. The van der Waals surface area contributed by atoms with Crippen LogP contribution >= 0.6 is 15.4 Å². The van der Waals surface area contributed by atoms with Gasteiger partial charge in [-0.2, -0.15) is 0 Å². The molecule has 1 aromatic carbocycles. The maximum absolute atomic E-state index is 9.63. The Hall–Kier alpha value is -0.400. The van der Waals surface area contributed by atoms with Gasteiger partial charge in [-0.15, -0.1) is 0 Å². The molecule has 0 fully saturated rings. The fourth-order valence-electron chi connectivity index (χ4n) is 1.18. The van der Waals surface area contributed by atoms with Gasteiger partial charge in [-0.05, 0) is 0 Å². The zero-order valence-electron chi connectivity index (χ0n) is 10.0. The van der Waals surface area contributed by atoms with Gasteiger partial charge < -0.3 is 0 Å². The molecule has 0 atom stereocenters. The minimum atomic E-state index is -2.59. The Kier molecular flexibility index (Phi) is 4.14. The van der Waals surface area contributed by atoms with E-state index in [0.717, 1.165) is 0 Å². The average Bonchev–Trinajstić information content (AvgIpc) is 1.96. The Labute approximate surface area is 97.2 Å². The van der Waals surface area contributed by atoms with Crippen molar-refractivity contribution in [2.24, 2.45) is 0 Å². The van der Waals surface area contributed by atoms with Gasteiger partial charge in [0.05, 0.1) is 0 Å². The molecule has 0 heterocycles. The van der Waals surface area contributed by atoms with Crippen LogP contribution in [0.3, 0.4) is 0 Å². The molecular weight excluding hydrogens is 246 g/mol. The quantitative estimate of drug-likeness (QED) is 0.819. The van der Waals surface area contributed by atoms with Gasteiger partial charge in [0.25, 0.3) is 0 Å². The average molecular weight is 266 g/mol. The van der Waals surface area contributed by atoms with Gasteiger partial charge >= 0.3 is 96.7 Å². The summed E-state index contributed by atoms with van der Waals surface area (Å²) in [6.45, 7) is 6.74. The van der Waals surface area contributed by atoms with Crippen LogP contribution in [0.2, 0.25) is 0 Å². The van der Waals surface area contributed by atoms with E-state index in [1.165, 1.54) is 0 Å². The minimum absolute atomic E-state index is 0.565. The van der Waals surface area contributed by atoms with E-state index in [-0.39, 0.29) is 0 Å². The Morgan fingerprint density at radius 1 is 0.875 bits per heavy atom. The van der Waals surface area contributed by atoms with Crippen LogP contribution in [-0.4, -0.2) is 36.4 Å². The summed E-state index contributed by atoms with van der Waals surface area (Å²) in [6.07, 6.45) is 0. The standard InChI is InChI=1S/C10H20O4P2/c1-15(2,11)13-9-6-5-7-10(8-9)14-16(3,4)12/h5-8,11-12,15-16H,1-4H3. The van der Waals surface area contributed by atoms with E-state index >= 15 is 0 Å². The first-order valence-corrected chi connectivity index (χ1v) is 10.8. The van der Waals surface area contributed by atoms with Crippen molar-refractivity contribution in [3.63, 3.8) is 0 Å². The van der Waals surface area contributed by atoms with Gasteiger partial charge in [-0.25, -0.2) is 0 Å². The molecule has 0 amide bonds. The van der Waals surface area contributed by atoms with Crippen molar-refractivity contribution in [1.29, 1.82) is 0 Å². The molecule has 4 nitrogen and oxygen atoms in total. The summed E-state index contributed by atoms with van der Waals surface area (Å²) in [5.74, 6) is 1.13. The first-order chi connectivity index (χ1) is 7.16. The number of rotatable bonds is 4. The second-order valence-electron chi connectivity index (χ2n) is 4.57. The summed E-state index contributed by atoms with van der Waals surface area (Å²) in [4.78, 5) is 19.3. The van der Waals surface area contributed by atoms with E-state index in [1.54, 1.807) is 50.9 Å². The summed E-state index contributed by atoms with van der Waals surface area (Å²) in [6, 6.07) is 6.95. The molecule has 0 aliphatic heterocycles. The first-order valence-electron chi connectivity index (χ1n) is 5.09. The third kappa shape index (κ3) is 5.62. The summed E-state index contributed by atoms with van der Waals surface area (Å²) < 4.78 is 10.8. The Morgan fingerprint density at radius 2 is 1.25 bits per heavy atom. The van der Waals surface area contributed by atoms with E-state index in [1.807, 2.05) is 0 Å². The van der Waals surface area contributed by atoms with Crippen molar-refractivity contribution in [2.45, 2.75) is 0 Å². The zero-order valence-corrected chi connectivity index (χ0v) is 12.0. The molecule has 0 aromatic heterocycles. The first kappa shape index (κ1) is 13.7. The zero-order chi connectivity index (χ0) is 12.4. The molecule has 0 saturated carbocycles. The normalized spacial score (nSPS) is 14.4. The van der Waals surface area contributed by atoms with Crippen molar-refractivity contribution in [2.75, 3.05) is 26.7 Å². The van der Waals surface area contributed by atoms with Crippen LogP contribution in [0.15, 0.2) is 24.3 Å². The van der Waals surface area contributed by atoms with Crippen LogP contribution in [0.5, 0.6) is 11.5 Å². The van der Waals surface area contributed by atoms with Crippen LogP contribution in [0.4, 0.5) is 0 Å². The molecule has 0 bridgehead atoms. The van der Waals surface area contributed by atoms with Crippen molar-refractivity contribution in [3.8, 4) is 11.5 Å². The molecule has 0 spiro atoms. The number of hydrogen-bond donors (Lipinski definition) is 2. The summed E-state index contributed by atoms with van der Waals surface area (Å²) in [5, 5.41) is 0. The molecule has 94 valence electrons. The van der Waals surface area contributed by atoms with Gasteiger partial charge in [0.1, 0.15) is 0 Å². The Balaban J connectivity index is 2.79. The maximum atomic E-state index is 9.63. The summed E-state index contributed by atoms with van der Waals surface area (Å²) in [5.41, 5.74) is 0. The van der Waals surface area contributed by atoms with Crippen LogP contribution in [-0.2, 0) is 0 Å². The van der Waals surface area contributed by atoms with Gasteiger partial charge in [0, 0.05) is 0 Å². The Bertz CT molecular complexity index is 323. The molecule has 16 heavy (non-hydrogen) atoms. The molecule has 0 aliphatic carbocycles. The van der Waals surface area contributed by atoms with Crippen molar-refractivity contribution < 1.29 is 18.8 Å².